The van der Waals surface area contributed by atoms with Crippen molar-refractivity contribution in [3.05, 3.63) is 17.7 Å². The third-order valence-corrected chi connectivity index (χ3v) is 6.81. The van der Waals surface area contributed by atoms with Crippen LogP contribution < -0.4 is 14.2 Å². The van der Waals surface area contributed by atoms with Crippen LogP contribution in [0.25, 0.3) is 0 Å². The molecule has 0 saturated carbocycles. The monoisotopic (exact) mass is 445 g/mol. The van der Waals surface area contributed by atoms with E-state index in [0.717, 1.165) is 6.54 Å². The Balaban J connectivity index is 1.81. The van der Waals surface area contributed by atoms with E-state index in [-0.39, 0.29) is 6.61 Å². The maximum atomic E-state index is 12.4. The minimum atomic E-state index is -3.37. The predicted molar refractivity (Wildman–Crippen MR) is 112 cm³/mol. The van der Waals surface area contributed by atoms with Crippen LogP contribution in [0.15, 0.2) is 12.1 Å². The van der Waals surface area contributed by atoms with Gasteiger partial charge in [-0.2, -0.15) is 17.0 Å². The van der Waals surface area contributed by atoms with E-state index < -0.39 is 16.2 Å². The highest BCUT2D eigenvalue weighted by Crippen LogP contribution is 2.38. The van der Waals surface area contributed by atoms with Crippen LogP contribution in [-0.2, 0) is 14.9 Å². The molecule has 10 nitrogen and oxygen atoms in total. The van der Waals surface area contributed by atoms with Crippen molar-refractivity contribution in [1.82, 2.24) is 13.5 Å². The molecule has 1 aliphatic rings. The van der Waals surface area contributed by atoms with Gasteiger partial charge in [0.05, 0.1) is 33.5 Å². The van der Waals surface area contributed by atoms with Crippen molar-refractivity contribution < 1.29 is 32.2 Å². The summed E-state index contributed by atoms with van der Waals surface area (Å²) in [5.74, 6) is 0.701. The van der Waals surface area contributed by atoms with Gasteiger partial charge in [0.25, 0.3) is 10.2 Å². The van der Waals surface area contributed by atoms with E-state index in [0.29, 0.717) is 55.4 Å². The first-order chi connectivity index (χ1) is 14.2. The van der Waals surface area contributed by atoms with E-state index in [1.54, 1.807) is 12.1 Å². The van der Waals surface area contributed by atoms with E-state index >= 15 is 0 Å². The van der Waals surface area contributed by atoms with Crippen LogP contribution >= 0.6 is 0 Å². The first-order valence-corrected chi connectivity index (χ1v) is 11.0. The van der Waals surface area contributed by atoms with Crippen molar-refractivity contribution in [2.45, 2.75) is 6.42 Å². The lowest BCUT2D eigenvalue weighted by molar-refractivity contribution is 0.0481. The van der Waals surface area contributed by atoms with Crippen LogP contribution in [0.3, 0.4) is 0 Å². The van der Waals surface area contributed by atoms with Gasteiger partial charge in [-0.25, -0.2) is 4.79 Å². The van der Waals surface area contributed by atoms with Crippen LogP contribution in [0.2, 0.25) is 0 Å². The average Bonchev–Trinajstić information content (AvgIpc) is 2.75. The van der Waals surface area contributed by atoms with E-state index in [9.17, 15) is 13.2 Å². The Morgan fingerprint density at radius 3 is 2.03 bits per heavy atom. The van der Waals surface area contributed by atoms with Gasteiger partial charge in [0.15, 0.2) is 11.5 Å². The molecule has 0 atom stereocenters. The molecule has 0 unspecified atom stereocenters. The molecule has 0 bridgehead atoms. The summed E-state index contributed by atoms with van der Waals surface area (Å²) in [5.41, 5.74) is 0.312. The zero-order valence-electron chi connectivity index (χ0n) is 18.2. The fourth-order valence-electron chi connectivity index (χ4n) is 3.15. The number of hydrogen-bond acceptors (Lipinski definition) is 8. The maximum absolute atomic E-state index is 12.4. The highest BCUT2D eigenvalue weighted by atomic mass is 32.2. The van der Waals surface area contributed by atoms with Gasteiger partial charge in [0, 0.05) is 46.8 Å². The number of carbonyl (C=O) groups excluding carboxylic acids is 1. The molecule has 0 aliphatic carbocycles. The lowest BCUT2D eigenvalue weighted by atomic mass is 10.2. The van der Waals surface area contributed by atoms with Gasteiger partial charge < -0.3 is 23.8 Å². The Labute approximate surface area is 178 Å². The average molecular weight is 446 g/mol. The van der Waals surface area contributed by atoms with Crippen LogP contribution in [0.1, 0.15) is 16.8 Å². The Morgan fingerprint density at radius 2 is 1.57 bits per heavy atom. The molecule has 170 valence electrons. The van der Waals surface area contributed by atoms with Crippen LogP contribution in [-0.4, -0.2) is 103 Å². The second-order valence-corrected chi connectivity index (χ2v) is 9.08. The van der Waals surface area contributed by atoms with Crippen LogP contribution in [0, 0.1) is 0 Å². The minimum absolute atomic E-state index is 0.256. The molecule has 30 heavy (non-hydrogen) atoms. The first-order valence-electron chi connectivity index (χ1n) is 9.61. The number of benzene rings is 1. The SMILES string of the molecule is COc1cc(C(=O)OCCCN2CCN(S(=O)(=O)N(C)C)CC2)cc(OC)c1OC. The zero-order chi connectivity index (χ0) is 22.3. The second kappa shape index (κ2) is 10.8. The quantitative estimate of drug-likeness (QED) is 0.383. The normalized spacial score (nSPS) is 15.8. The molecule has 1 heterocycles. The van der Waals surface area contributed by atoms with E-state index in [4.69, 9.17) is 18.9 Å². The molecular formula is C19H31N3O7S. The molecule has 0 aromatic heterocycles. The number of rotatable bonds is 10. The van der Waals surface area contributed by atoms with Gasteiger partial charge >= 0.3 is 5.97 Å². The summed E-state index contributed by atoms with van der Waals surface area (Å²) in [7, 11) is 4.16. The molecule has 0 spiro atoms. The summed E-state index contributed by atoms with van der Waals surface area (Å²) in [6.07, 6.45) is 0.649. The van der Waals surface area contributed by atoms with Gasteiger partial charge in [-0.05, 0) is 18.6 Å². The fourth-order valence-corrected chi connectivity index (χ4v) is 4.24. The number of methoxy groups -OCH3 is 3. The van der Waals surface area contributed by atoms with Gasteiger partial charge in [0.2, 0.25) is 5.75 Å². The summed E-state index contributed by atoms with van der Waals surface area (Å²) in [6.45, 7) is 3.17. The molecule has 1 aromatic carbocycles. The molecule has 1 saturated heterocycles. The molecule has 1 aromatic rings. The van der Waals surface area contributed by atoms with Crippen LogP contribution in [0.5, 0.6) is 17.2 Å². The molecule has 1 aliphatic heterocycles. The molecular weight excluding hydrogens is 414 g/mol. The predicted octanol–water partition coefficient (Wildman–Crippen LogP) is 0.683. The molecule has 11 heteroatoms. The number of piperazine rings is 1. The van der Waals surface area contributed by atoms with Crippen molar-refractivity contribution in [3.8, 4) is 17.2 Å². The van der Waals surface area contributed by atoms with Gasteiger partial charge in [-0.15, -0.1) is 0 Å². The lowest BCUT2D eigenvalue weighted by Gasteiger charge is -2.35. The van der Waals surface area contributed by atoms with Crippen molar-refractivity contribution in [2.75, 3.05) is 74.8 Å². The summed E-state index contributed by atoms with van der Waals surface area (Å²) in [6, 6.07) is 3.10. The van der Waals surface area contributed by atoms with Crippen molar-refractivity contribution in [1.29, 1.82) is 0 Å². The topological polar surface area (TPSA) is 97.9 Å². The summed E-state index contributed by atoms with van der Waals surface area (Å²) in [4.78, 5) is 14.5. The largest absolute Gasteiger partial charge is 0.493 e. The van der Waals surface area contributed by atoms with Crippen LogP contribution in [0.4, 0.5) is 0 Å². The summed E-state index contributed by atoms with van der Waals surface area (Å²) < 4.78 is 48.1. The van der Waals surface area contributed by atoms with Crippen molar-refractivity contribution in [3.63, 3.8) is 0 Å². The zero-order valence-corrected chi connectivity index (χ0v) is 19.0. The minimum Gasteiger partial charge on any atom is -0.493 e. The van der Waals surface area contributed by atoms with Gasteiger partial charge in [-0.3, -0.25) is 0 Å². The van der Waals surface area contributed by atoms with Gasteiger partial charge in [0.1, 0.15) is 0 Å². The Kier molecular flexibility index (Phi) is 8.71. The highest BCUT2D eigenvalue weighted by molar-refractivity contribution is 7.86. The van der Waals surface area contributed by atoms with Gasteiger partial charge in [-0.1, -0.05) is 0 Å². The lowest BCUT2D eigenvalue weighted by Crippen LogP contribution is -2.51. The smallest absolute Gasteiger partial charge is 0.338 e. The molecule has 2 rings (SSSR count). The Morgan fingerprint density at radius 1 is 1.00 bits per heavy atom. The molecule has 0 amide bonds. The van der Waals surface area contributed by atoms with E-state index in [2.05, 4.69) is 4.90 Å². The summed E-state index contributed by atoms with van der Waals surface area (Å²) in [5, 5.41) is 0. The summed E-state index contributed by atoms with van der Waals surface area (Å²) >= 11 is 0. The van der Waals surface area contributed by atoms with E-state index in [1.807, 2.05) is 0 Å². The van der Waals surface area contributed by atoms with Crippen molar-refractivity contribution >= 4 is 16.2 Å². The number of ether oxygens (including phenoxy) is 4. The third-order valence-electron chi connectivity index (χ3n) is 4.87. The van der Waals surface area contributed by atoms with Crippen molar-refractivity contribution in [2.24, 2.45) is 0 Å². The fraction of sp³-hybridized carbons (Fsp3) is 0.632. The number of carbonyl (C=O) groups is 1. The molecule has 1 fully saturated rings. The third kappa shape index (κ3) is 5.75. The number of hydrogen-bond donors (Lipinski definition) is 0. The molecule has 0 radical (unpaired) electrons. The molecule has 0 N–H and O–H groups in total. The Bertz CT molecular complexity index is 796. The second-order valence-electron chi connectivity index (χ2n) is 6.93. The number of esters is 1. The maximum Gasteiger partial charge on any atom is 0.338 e. The highest BCUT2D eigenvalue weighted by Gasteiger charge is 2.28. The number of nitrogens with zero attached hydrogens (tertiary/aromatic N) is 3. The standard InChI is InChI=1S/C19H31N3O7S/c1-20(2)30(24,25)22-10-8-21(9-11-22)7-6-12-29-19(23)15-13-16(26-3)18(28-5)17(14-15)27-4/h13-14H,6-12H2,1-5H3. The first kappa shape index (κ1) is 24.2. The Hall–Kier alpha value is -2.08. The van der Waals surface area contributed by atoms with E-state index in [1.165, 1.54) is 44.0 Å².